The summed E-state index contributed by atoms with van der Waals surface area (Å²) in [5, 5.41) is 14.4. The van der Waals surface area contributed by atoms with Gasteiger partial charge in [0.05, 0.1) is 28.4 Å². The van der Waals surface area contributed by atoms with Crippen LogP contribution < -0.4 is 4.73 Å². The molecule has 1 aromatic heterocycles. The van der Waals surface area contributed by atoms with Gasteiger partial charge in [0.2, 0.25) is 5.69 Å². The third-order valence-electron chi connectivity index (χ3n) is 10.1. The number of hydrogen-bond acceptors (Lipinski definition) is 3. The van der Waals surface area contributed by atoms with Gasteiger partial charge in [0.1, 0.15) is 6.10 Å². The minimum Gasteiger partial charge on any atom is -0.618 e. The SMILES string of the molecule is CC(C)c1c2c(c3c([n+]1[O-])CC(C)(C)CC3O[Si](C)(C)C(C)(C)C)C1(CCCC1)OC2c1ccc(C(F)(F)F)cc1. The second kappa shape index (κ2) is 9.81. The molecule has 0 amide bonds. The molecule has 41 heavy (non-hydrogen) atoms. The summed E-state index contributed by atoms with van der Waals surface area (Å²) in [5.41, 5.74) is 3.71. The predicted molar refractivity (Wildman–Crippen MR) is 157 cm³/mol. The van der Waals surface area contributed by atoms with E-state index >= 15 is 0 Å². The topological polar surface area (TPSA) is 45.4 Å². The van der Waals surface area contributed by atoms with Crippen LogP contribution >= 0.6 is 0 Å². The van der Waals surface area contributed by atoms with Crippen molar-refractivity contribution in [3.63, 3.8) is 0 Å². The monoisotopic (exact) mass is 589 g/mol. The van der Waals surface area contributed by atoms with Crippen molar-refractivity contribution in [3.8, 4) is 0 Å². The molecule has 1 fully saturated rings. The van der Waals surface area contributed by atoms with Gasteiger partial charge in [0.15, 0.2) is 14.0 Å². The van der Waals surface area contributed by atoms with E-state index in [9.17, 15) is 18.4 Å². The molecule has 0 N–H and O–H groups in total. The molecule has 1 aromatic carbocycles. The smallest absolute Gasteiger partial charge is 0.416 e. The van der Waals surface area contributed by atoms with Crippen LogP contribution in [0.2, 0.25) is 18.1 Å². The standard InChI is InChI=1S/C33H46F3NO3Si/c1-20(2)28-26-27(25-23(37(28)38)18-31(6,7)19-24(25)40-41(8,9)30(3,4)5)32(16-10-11-17-32)39-29(26)21-12-14-22(15-13-21)33(34,35)36/h12-15,20,24,29H,10-11,16-19H2,1-9H3. The molecule has 0 radical (unpaired) electrons. The highest BCUT2D eigenvalue weighted by Crippen LogP contribution is 2.60. The maximum absolute atomic E-state index is 14.4. The van der Waals surface area contributed by atoms with E-state index in [1.165, 1.54) is 12.1 Å². The minimum atomic E-state index is -4.42. The van der Waals surface area contributed by atoms with Gasteiger partial charge in [0, 0.05) is 17.9 Å². The number of benzene rings is 1. The lowest BCUT2D eigenvalue weighted by molar-refractivity contribution is -0.626. The molecule has 0 bridgehead atoms. The summed E-state index contributed by atoms with van der Waals surface area (Å²) in [6.07, 6.45) is -0.110. The van der Waals surface area contributed by atoms with Gasteiger partial charge in [-0.25, -0.2) is 0 Å². The van der Waals surface area contributed by atoms with Gasteiger partial charge in [-0.2, -0.15) is 17.9 Å². The quantitative estimate of drug-likeness (QED) is 0.203. The Morgan fingerprint density at radius 3 is 2.12 bits per heavy atom. The summed E-state index contributed by atoms with van der Waals surface area (Å²) < 4.78 is 55.6. The number of alkyl halides is 3. The fourth-order valence-corrected chi connectivity index (χ4v) is 8.36. The van der Waals surface area contributed by atoms with Crippen LogP contribution in [-0.4, -0.2) is 8.32 Å². The molecule has 2 atom stereocenters. The van der Waals surface area contributed by atoms with Crippen molar-refractivity contribution in [2.75, 3.05) is 0 Å². The first-order valence-electron chi connectivity index (χ1n) is 15.1. The van der Waals surface area contributed by atoms with Crippen molar-refractivity contribution in [2.24, 2.45) is 5.41 Å². The number of halogens is 3. The Hall–Kier alpha value is -1.90. The van der Waals surface area contributed by atoms with Crippen molar-refractivity contribution >= 4 is 8.32 Å². The van der Waals surface area contributed by atoms with E-state index in [-0.39, 0.29) is 22.5 Å². The largest absolute Gasteiger partial charge is 0.618 e. The van der Waals surface area contributed by atoms with E-state index in [1.807, 2.05) is 13.8 Å². The molecule has 1 aliphatic heterocycles. The molecule has 1 spiro atoms. The third kappa shape index (κ3) is 5.16. The zero-order valence-corrected chi connectivity index (χ0v) is 27.1. The van der Waals surface area contributed by atoms with Crippen LogP contribution in [0.5, 0.6) is 0 Å². The second-order valence-electron chi connectivity index (χ2n) is 15.2. The van der Waals surface area contributed by atoms with E-state index in [2.05, 4.69) is 47.7 Å². The summed E-state index contributed by atoms with van der Waals surface area (Å²) >= 11 is 0. The van der Waals surface area contributed by atoms with Crippen molar-refractivity contribution in [1.82, 2.24) is 0 Å². The molecule has 0 saturated heterocycles. The number of ether oxygens (including phenoxy) is 1. The number of hydrogen-bond donors (Lipinski definition) is 0. The molecular weight excluding hydrogens is 543 g/mol. The maximum atomic E-state index is 14.4. The summed E-state index contributed by atoms with van der Waals surface area (Å²) in [5.74, 6) is -0.0894. The van der Waals surface area contributed by atoms with Crippen LogP contribution in [0.4, 0.5) is 13.2 Å². The molecule has 5 rings (SSSR count). The molecule has 2 aliphatic carbocycles. The summed E-state index contributed by atoms with van der Waals surface area (Å²) in [4.78, 5) is 0. The van der Waals surface area contributed by atoms with Crippen molar-refractivity contribution in [3.05, 3.63) is 68.7 Å². The fourth-order valence-electron chi connectivity index (χ4n) is 7.10. The van der Waals surface area contributed by atoms with Crippen molar-refractivity contribution in [2.45, 2.75) is 135 Å². The Morgan fingerprint density at radius 2 is 1.61 bits per heavy atom. The van der Waals surface area contributed by atoms with E-state index < -0.39 is 31.8 Å². The fraction of sp³-hybridized carbons (Fsp3) is 0.667. The van der Waals surface area contributed by atoms with E-state index in [0.717, 1.165) is 71.4 Å². The van der Waals surface area contributed by atoms with Gasteiger partial charge < -0.3 is 14.4 Å². The third-order valence-corrected chi connectivity index (χ3v) is 14.6. The summed E-state index contributed by atoms with van der Waals surface area (Å²) in [7, 11) is -2.22. The van der Waals surface area contributed by atoms with Crippen LogP contribution in [0.15, 0.2) is 24.3 Å². The minimum absolute atomic E-state index is 0.00640. The molecular formula is C33H46F3NO3Si. The lowest BCUT2D eigenvalue weighted by Gasteiger charge is -2.45. The number of fused-ring (bicyclic) bond motifs is 4. The zero-order valence-electron chi connectivity index (χ0n) is 26.1. The van der Waals surface area contributed by atoms with Gasteiger partial charge in [-0.15, -0.1) is 0 Å². The van der Waals surface area contributed by atoms with Gasteiger partial charge in [-0.3, -0.25) is 0 Å². The molecule has 4 nitrogen and oxygen atoms in total. The molecule has 226 valence electrons. The Bertz CT molecular complexity index is 1320. The van der Waals surface area contributed by atoms with Gasteiger partial charge in [0.25, 0.3) is 0 Å². The molecule has 1 saturated carbocycles. The van der Waals surface area contributed by atoms with Gasteiger partial charge in [-0.1, -0.05) is 73.4 Å². The number of nitrogens with zero attached hydrogens (tertiary/aromatic N) is 1. The van der Waals surface area contributed by atoms with Crippen molar-refractivity contribution < 1.29 is 27.1 Å². The first-order chi connectivity index (χ1) is 18.8. The van der Waals surface area contributed by atoms with E-state index in [0.29, 0.717) is 17.7 Å². The zero-order chi connectivity index (χ0) is 30.3. The summed E-state index contributed by atoms with van der Waals surface area (Å²) in [6, 6.07) is 5.30. The highest BCUT2D eigenvalue weighted by atomic mass is 28.4. The highest BCUT2D eigenvalue weighted by Gasteiger charge is 2.56. The Morgan fingerprint density at radius 1 is 1.02 bits per heavy atom. The lowest BCUT2D eigenvalue weighted by Crippen LogP contribution is -2.49. The normalized spacial score (nSPS) is 23.7. The molecule has 2 unspecified atom stereocenters. The van der Waals surface area contributed by atoms with Crippen LogP contribution in [0.3, 0.4) is 0 Å². The van der Waals surface area contributed by atoms with Crippen LogP contribution in [0, 0.1) is 10.6 Å². The Labute approximate surface area is 244 Å². The molecule has 2 aromatic rings. The van der Waals surface area contributed by atoms with Crippen LogP contribution in [0.1, 0.15) is 138 Å². The average Bonchev–Trinajstić information content (AvgIpc) is 3.42. The second-order valence-corrected chi connectivity index (χ2v) is 20.0. The Balaban J connectivity index is 1.79. The Kier molecular flexibility index (Phi) is 7.31. The first kappa shape index (κ1) is 30.6. The molecule has 8 heteroatoms. The van der Waals surface area contributed by atoms with Gasteiger partial charge >= 0.3 is 6.18 Å². The highest BCUT2D eigenvalue weighted by molar-refractivity contribution is 6.74. The van der Waals surface area contributed by atoms with Crippen LogP contribution in [0.25, 0.3) is 0 Å². The lowest BCUT2D eigenvalue weighted by atomic mass is 9.70. The van der Waals surface area contributed by atoms with E-state index in [4.69, 9.17) is 9.16 Å². The average molecular weight is 590 g/mol. The van der Waals surface area contributed by atoms with E-state index in [1.54, 1.807) is 0 Å². The maximum Gasteiger partial charge on any atom is 0.416 e. The summed E-state index contributed by atoms with van der Waals surface area (Å²) in [6.45, 7) is 19.7. The van der Waals surface area contributed by atoms with Crippen LogP contribution in [-0.2, 0) is 27.4 Å². The van der Waals surface area contributed by atoms with Crippen molar-refractivity contribution in [1.29, 1.82) is 0 Å². The first-order valence-corrected chi connectivity index (χ1v) is 18.0. The van der Waals surface area contributed by atoms with Gasteiger partial charge in [-0.05, 0) is 60.5 Å². The number of pyridine rings is 1. The molecule has 3 aliphatic rings. The number of rotatable bonds is 4. The predicted octanol–water partition coefficient (Wildman–Crippen LogP) is 9.39. The number of aromatic nitrogens is 1. The molecule has 2 heterocycles.